The van der Waals surface area contributed by atoms with E-state index in [2.05, 4.69) is 14.5 Å². The molecule has 1 fully saturated rings. The molecule has 0 bridgehead atoms. The van der Waals surface area contributed by atoms with Crippen LogP contribution >= 0.6 is 11.6 Å². The van der Waals surface area contributed by atoms with Crippen LogP contribution < -0.4 is 0 Å². The minimum absolute atomic E-state index is 0.0441. The molecular weight excluding hydrogens is 250 g/mol. The van der Waals surface area contributed by atoms with E-state index in [9.17, 15) is 4.79 Å². The molecule has 0 N–H and O–H groups in total. The van der Waals surface area contributed by atoms with Gasteiger partial charge in [0.15, 0.2) is 5.78 Å². The Kier molecular flexibility index (Phi) is 2.82. The number of fused-ring (bicyclic) bond motifs is 1. The number of Topliss-reactive ketones (excluding diaryl/α,β-unsaturated/α-hetero) is 1. The predicted octanol–water partition coefficient (Wildman–Crippen LogP) is 3.40. The van der Waals surface area contributed by atoms with Gasteiger partial charge in [-0.15, -0.1) is 0 Å². The van der Waals surface area contributed by atoms with Crippen LogP contribution in [0.15, 0.2) is 12.4 Å². The van der Waals surface area contributed by atoms with Gasteiger partial charge in [0.05, 0.1) is 0 Å². The van der Waals surface area contributed by atoms with Crippen LogP contribution in [0.1, 0.15) is 49.0 Å². The van der Waals surface area contributed by atoms with Crippen molar-refractivity contribution < 1.29 is 4.79 Å². The number of ketones is 1. The molecule has 0 amide bonds. The van der Waals surface area contributed by atoms with Crippen molar-refractivity contribution >= 4 is 28.4 Å². The van der Waals surface area contributed by atoms with Gasteiger partial charge in [-0.25, -0.2) is 4.98 Å². The zero-order valence-corrected chi connectivity index (χ0v) is 10.9. The zero-order chi connectivity index (χ0) is 12.7. The fourth-order valence-electron chi connectivity index (χ4n) is 2.75. The maximum atomic E-state index is 11.7. The SMILES string of the molecule is CC(=O)c1cn(C2CCCC2)c2nc(Cl)ncc12. The molecule has 2 aromatic heterocycles. The largest absolute Gasteiger partial charge is 0.329 e. The Labute approximate surface area is 110 Å². The molecule has 0 spiro atoms. The Morgan fingerprint density at radius 3 is 2.83 bits per heavy atom. The van der Waals surface area contributed by atoms with Crippen molar-refractivity contribution in [3.8, 4) is 0 Å². The van der Waals surface area contributed by atoms with E-state index >= 15 is 0 Å². The maximum Gasteiger partial charge on any atom is 0.224 e. The summed E-state index contributed by atoms with van der Waals surface area (Å²) in [4.78, 5) is 19.9. The summed E-state index contributed by atoms with van der Waals surface area (Å²) in [5, 5.41) is 1.04. The average Bonchev–Trinajstić information content (AvgIpc) is 2.93. The first kappa shape index (κ1) is 11.7. The first-order valence-corrected chi connectivity index (χ1v) is 6.58. The monoisotopic (exact) mass is 263 g/mol. The standard InChI is InChI=1S/C13H14ClN3O/c1-8(18)11-7-17(9-4-2-3-5-9)12-10(11)6-15-13(14)16-12/h6-7,9H,2-5H2,1H3. The first-order chi connectivity index (χ1) is 8.66. The van der Waals surface area contributed by atoms with Crippen molar-refractivity contribution in [3.05, 3.63) is 23.2 Å². The molecular formula is C13H14ClN3O. The highest BCUT2D eigenvalue weighted by Crippen LogP contribution is 2.33. The molecule has 0 aliphatic heterocycles. The molecule has 0 unspecified atom stereocenters. The van der Waals surface area contributed by atoms with Gasteiger partial charge in [0.1, 0.15) is 5.65 Å². The predicted molar refractivity (Wildman–Crippen MR) is 70.0 cm³/mol. The number of nitrogens with zero attached hydrogens (tertiary/aromatic N) is 3. The lowest BCUT2D eigenvalue weighted by Crippen LogP contribution is -2.04. The summed E-state index contributed by atoms with van der Waals surface area (Å²) >= 11 is 5.87. The number of halogens is 1. The molecule has 0 aromatic carbocycles. The smallest absolute Gasteiger partial charge is 0.224 e. The van der Waals surface area contributed by atoms with Crippen LogP contribution in [0.3, 0.4) is 0 Å². The second-order valence-electron chi connectivity index (χ2n) is 4.82. The normalized spacial score (nSPS) is 16.6. The van der Waals surface area contributed by atoms with Crippen molar-refractivity contribution in [1.29, 1.82) is 0 Å². The molecule has 4 nitrogen and oxygen atoms in total. The van der Waals surface area contributed by atoms with Crippen molar-refractivity contribution in [3.63, 3.8) is 0 Å². The summed E-state index contributed by atoms with van der Waals surface area (Å²) in [5.41, 5.74) is 1.47. The number of rotatable bonds is 2. The van der Waals surface area contributed by atoms with E-state index in [0.717, 1.165) is 23.9 Å². The van der Waals surface area contributed by atoms with E-state index in [1.54, 1.807) is 13.1 Å². The van der Waals surface area contributed by atoms with Crippen LogP contribution in [0, 0.1) is 0 Å². The number of carbonyl (C=O) groups is 1. The van der Waals surface area contributed by atoms with E-state index < -0.39 is 0 Å². The first-order valence-electron chi connectivity index (χ1n) is 6.21. The number of hydrogen-bond acceptors (Lipinski definition) is 3. The average molecular weight is 264 g/mol. The topological polar surface area (TPSA) is 47.8 Å². The summed E-state index contributed by atoms with van der Waals surface area (Å²) < 4.78 is 2.10. The molecule has 5 heteroatoms. The van der Waals surface area contributed by atoms with E-state index in [1.807, 2.05) is 6.20 Å². The van der Waals surface area contributed by atoms with Crippen LogP contribution in [-0.4, -0.2) is 20.3 Å². The Morgan fingerprint density at radius 2 is 2.17 bits per heavy atom. The van der Waals surface area contributed by atoms with Gasteiger partial charge in [0, 0.05) is 29.4 Å². The molecule has 2 heterocycles. The van der Waals surface area contributed by atoms with Crippen molar-refractivity contribution in [2.75, 3.05) is 0 Å². The third-order valence-corrected chi connectivity index (χ3v) is 3.82. The molecule has 0 saturated heterocycles. The van der Waals surface area contributed by atoms with Gasteiger partial charge in [0.25, 0.3) is 0 Å². The fraction of sp³-hybridized carbons (Fsp3) is 0.462. The van der Waals surface area contributed by atoms with Crippen LogP contribution in [0.4, 0.5) is 0 Å². The summed E-state index contributed by atoms with van der Waals surface area (Å²) in [6.45, 7) is 1.57. The van der Waals surface area contributed by atoms with Crippen molar-refractivity contribution in [2.45, 2.75) is 38.6 Å². The highest BCUT2D eigenvalue weighted by Gasteiger charge is 2.22. The summed E-state index contributed by atoms with van der Waals surface area (Å²) in [6, 6.07) is 0.437. The number of hydrogen-bond donors (Lipinski definition) is 0. The fourth-order valence-corrected chi connectivity index (χ4v) is 2.88. The van der Waals surface area contributed by atoms with E-state index in [1.165, 1.54) is 12.8 Å². The van der Waals surface area contributed by atoms with Gasteiger partial charge in [-0.1, -0.05) is 12.8 Å². The molecule has 1 saturated carbocycles. The third-order valence-electron chi connectivity index (χ3n) is 3.64. The van der Waals surface area contributed by atoms with Crippen molar-refractivity contribution in [1.82, 2.24) is 14.5 Å². The van der Waals surface area contributed by atoms with Gasteiger partial charge >= 0.3 is 0 Å². The van der Waals surface area contributed by atoms with Crippen LogP contribution in [0.5, 0.6) is 0 Å². The minimum Gasteiger partial charge on any atom is -0.329 e. The third kappa shape index (κ3) is 1.81. The maximum absolute atomic E-state index is 11.7. The minimum atomic E-state index is 0.0441. The molecule has 2 aromatic rings. The molecule has 0 atom stereocenters. The zero-order valence-electron chi connectivity index (χ0n) is 10.2. The highest BCUT2D eigenvalue weighted by molar-refractivity contribution is 6.28. The van der Waals surface area contributed by atoms with Crippen LogP contribution in [0.25, 0.3) is 11.0 Å². The molecule has 1 aliphatic carbocycles. The Bertz CT molecular complexity index is 614. The Hall–Kier alpha value is -1.42. The molecule has 1 aliphatic rings. The van der Waals surface area contributed by atoms with Gasteiger partial charge < -0.3 is 4.57 Å². The summed E-state index contributed by atoms with van der Waals surface area (Å²) in [6.07, 6.45) is 8.31. The van der Waals surface area contributed by atoms with Gasteiger partial charge in [0.2, 0.25) is 5.28 Å². The highest BCUT2D eigenvalue weighted by atomic mass is 35.5. The van der Waals surface area contributed by atoms with E-state index in [0.29, 0.717) is 11.6 Å². The van der Waals surface area contributed by atoms with Gasteiger partial charge in [-0.3, -0.25) is 4.79 Å². The van der Waals surface area contributed by atoms with Crippen LogP contribution in [0.2, 0.25) is 5.28 Å². The second kappa shape index (κ2) is 4.35. The molecule has 94 valence electrons. The summed E-state index contributed by atoms with van der Waals surface area (Å²) in [7, 11) is 0. The Balaban J connectivity index is 2.23. The Morgan fingerprint density at radius 1 is 1.44 bits per heavy atom. The lowest BCUT2D eigenvalue weighted by atomic mass is 10.2. The quantitative estimate of drug-likeness (QED) is 0.616. The van der Waals surface area contributed by atoms with E-state index in [-0.39, 0.29) is 11.1 Å². The molecule has 0 radical (unpaired) electrons. The van der Waals surface area contributed by atoms with Gasteiger partial charge in [-0.05, 0) is 31.4 Å². The van der Waals surface area contributed by atoms with E-state index in [4.69, 9.17) is 11.6 Å². The molecule has 18 heavy (non-hydrogen) atoms. The summed E-state index contributed by atoms with van der Waals surface area (Å²) in [5.74, 6) is 0.0441. The van der Waals surface area contributed by atoms with Gasteiger partial charge in [-0.2, -0.15) is 4.98 Å². The van der Waals surface area contributed by atoms with Crippen LogP contribution in [-0.2, 0) is 0 Å². The van der Waals surface area contributed by atoms with Crippen molar-refractivity contribution in [2.24, 2.45) is 0 Å². The number of carbonyl (C=O) groups excluding carboxylic acids is 1. The lowest BCUT2D eigenvalue weighted by Gasteiger charge is -2.12. The lowest BCUT2D eigenvalue weighted by molar-refractivity contribution is 0.101. The second-order valence-corrected chi connectivity index (χ2v) is 5.16. The molecule has 3 rings (SSSR count). The number of aromatic nitrogens is 3.